The lowest BCUT2D eigenvalue weighted by Gasteiger charge is -2.14. The normalized spacial score (nSPS) is 10.8. The van der Waals surface area contributed by atoms with Crippen LogP contribution in [0.1, 0.15) is 11.1 Å². The fourth-order valence-corrected chi connectivity index (χ4v) is 2.77. The number of halogens is 1. The van der Waals surface area contributed by atoms with E-state index in [4.69, 9.17) is 9.47 Å². The van der Waals surface area contributed by atoms with E-state index in [0.29, 0.717) is 24.6 Å². The summed E-state index contributed by atoms with van der Waals surface area (Å²) < 4.78 is 12.5. The van der Waals surface area contributed by atoms with E-state index in [9.17, 15) is 0 Å². The van der Waals surface area contributed by atoms with Gasteiger partial charge in [0.25, 0.3) is 0 Å². The van der Waals surface area contributed by atoms with E-state index in [1.54, 1.807) is 27.5 Å². The van der Waals surface area contributed by atoms with Crippen molar-refractivity contribution in [2.45, 2.75) is 13.1 Å². The Morgan fingerprint density at radius 1 is 0.966 bits per heavy atom. The lowest BCUT2D eigenvalue weighted by Crippen LogP contribution is -2.36. The van der Waals surface area contributed by atoms with Crippen molar-refractivity contribution in [3.63, 3.8) is 0 Å². The molecule has 2 aromatic carbocycles. The number of rotatable bonds is 7. The number of aliphatic imine (C=N–C) groups is 1. The summed E-state index contributed by atoms with van der Waals surface area (Å²) in [6.07, 6.45) is 3.69. The Kier molecular flexibility index (Phi) is 8.78. The molecule has 0 saturated heterocycles. The molecule has 0 atom stereocenters. The molecule has 0 aliphatic rings. The first-order valence-corrected chi connectivity index (χ1v) is 8.98. The molecule has 0 aliphatic heterocycles. The van der Waals surface area contributed by atoms with Gasteiger partial charge in [-0.2, -0.15) is 5.10 Å². The molecule has 0 unspecified atom stereocenters. The minimum atomic E-state index is 0. The Bertz CT molecular complexity index is 911. The number of guanidine groups is 1. The molecule has 0 aliphatic carbocycles. The number of hydrogen-bond acceptors (Lipinski definition) is 4. The molecule has 0 saturated carbocycles. The third-order valence-electron chi connectivity index (χ3n) is 4.30. The maximum Gasteiger partial charge on any atom is 0.191 e. The standard InChI is InChI=1S/C21H25N5O2.HI/c1-22-21(24-15-17-7-10-19(27-2)20(13-17)28-3)23-14-16-5-8-18(9-6-16)26-12-4-11-25-26;/h4-13H,14-15H2,1-3H3,(H2,22,23,24);1H. The number of methoxy groups -OCH3 is 2. The minimum Gasteiger partial charge on any atom is -0.493 e. The number of aromatic nitrogens is 2. The van der Waals surface area contributed by atoms with Gasteiger partial charge in [-0.25, -0.2) is 4.68 Å². The molecular formula is C21H26IN5O2. The molecule has 7 nitrogen and oxygen atoms in total. The summed E-state index contributed by atoms with van der Waals surface area (Å²) in [5, 5.41) is 10.9. The van der Waals surface area contributed by atoms with Crippen LogP contribution in [0.25, 0.3) is 5.69 Å². The Morgan fingerprint density at radius 2 is 1.62 bits per heavy atom. The Labute approximate surface area is 188 Å². The number of nitrogens with one attached hydrogen (secondary N) is 2. The van der Waals surface area contributed by atoms with E-state index in [0.717, 1.165) is 22.8 Å². The van der Waals surface area contributed by atoms with E-state index < -0.39 is 0 Å². The highest BCUT2D eigenvalue weighted by molar-refractivity contribution is 14.0. The zero-order chi connectivity index (χ0) is 19.8. The van der Waals surface area contributed by atoms with E-state index in [2.05, 4.69) is 32.9 Å². The quantitative estimate of drug-likeness (QED) is 0.292. The van der Waals surface area contributed by atoms with Crippen molar-refractivity contribution in [2.24, 2.45) is 4.99 Å². The van der Waals surface area contributed by atoms with Crippen molar-refractivity contribution in [3.05, 3.63) is 72.1 Å². The Balaban J connectivity index is 0.00000300. The second-order valence-corrected chi connectivity index (χ2v) is 6.09. The second-order valence-electron chi connectivity index (χ2n) is 6.09. The van der Waals surface area contributed by atoms with Crippen LogP contribution < -0.4 is 20.1 Å². The van der Waals surface area contributed by atoms with Gasteiger partial charge in [0, 0.05) is 32.5 Å². The molecule has 8 heteroatoms. The van der Waals surface area contributed by atoms with Gasteiger partial charge in [-0.15, -0.1) is 24.0 Å². The predicted molar refractivity (Wildman–Crippen MR) is 126 cm³/mol. The van der Waals surface area contributed by atoms with Crippen molar-refractivity contribution in [1.29, 1.82) is 0 Å². The van der Waals surface area contributed by atoms with Gasteiger partial charge in [0.05, 0.1) is 19.9 Å². The predicted octanol–water partition coefficient (Wildman–Crippen LogP) is 3.37. The molecule has 1 aromatic heterocycles. The maximum atomic E-state index is 5.35. The monoisotopic (exact) mass is 507 g/mol. The summed E-state index contributed by atoms with van der Waals surface area (Å²) in [6.45, 7) is 1.29. The molecule has 0 radical (unpaired) electrons. The zero-order valence-electron chi connectivity index (χ0n) is 16.8. The Hall–Kier alpha value is -2.75. The van der Waals surface area contributed by atoms with Crippen LogP contribution in [0.3, 0.4) is 0 Å². The summed E-state index contributed by atoms with van der Waals surface area (Å²) in [4.78, 5) is 4.28. The summed E-state index contributed by atoms with van der Waals surface area (Å²) in [5.41, 5.74) is 3.26. The van der Waals surface area contributed by atoms with Crippen LogP contribution in [0, 0.1) is 0 Å². The van der Waals surface area contributed by atoms with Crippen LogP contribution in [0.5, 0.6) is 11.5 Å². The summed E-state index contributed by atoms with van der Waals surface area (Å²) in [7, 11) is 5.01. The van der Waals surface area contributed by atoms with Gasteiger partial charge in [0.1, 0.15) is 0 Å². The zero-order valence-corrected chi connectivity index (χ0v) is 19.1. The molecule has 3 aromatic rings. The fourth-order valence-electron chi connectivity index (χ4n) is 2.77. The first kappa shape index (κ1) is 22.5. The highest BCUT2D eigenvalue weighted by atomic mass is 127. The minimum absolute atomic E-state index is 0. The number of nitrogens with zero attached hydrogens (tertiary/aromatic N) is 3. The smallest absolute Gasteiger partial charge is 0.191 e. The van der Waals surface area contributed by atoms with Crippen LogP contribution >= 0.6 is 24.0 Å². The van der Waals surface area contributed by atoms with Crippen molar-refractivity contribution >= 4 is 29.9 Å². The molecule has 0 fully saturated rings. The highest BCUT2D eigenvalue weighted by Crippen LogP contribution is 2.27. The van der Waals surface area contributed by atoms with Gasteiger partial charge in [-0.1, -0.05) is 18.2 Å². The summed E-state index contributed by atoms with van der Waals surface area (Å²) >= 11 is 0. The van der Waals surface area contributed by atoms with Crippen LogP contribution in [0.2, 0.25) is 0 Å². The first-order valence-electron chi connectivity index (χ1n) is 8.98. The van der Waals surface area contributed by atoms with E-state index >= 15 is 0 Å². The third kappa shape index (κ3) is 6.11. The molecule has 0 bridgehead atoms. The van der Waals surface area contributed by atoms with Crippen molar-refractivity contribution in [3.8, 4) is 17.2 Å². The first-order chi connectivity index (χ1) is 13.7. The molecular weight excluding hydrogens is 481 g/mol. The van der Waals surface area contributed by atoms with E-state index in [1.165, 1.54) is 0 Å². The third-order valence-corrected chi connectivity index (χ3v) is 4.30. The van der Waals surface area contributed by atoms with Crippen molar-refractivity contribution in [2.75, 3.05) is 21.3 Å². The average molecular weight is 507 g/mol. The molecule has 3 rings (SSSR count). The molecule has 29 heavy (non-hydrogen) atoms. The van der Waals surface area contributed by atoms with Crippen molar-refractivity contribution < 1.29 is 9.47 Å². The SMILES string of the molecule is CN=C(NCc1ccc(-n2cccn2)cc1)NCc1ccc(OC)c(OC)c1.I. The molecule has 0 amide bonds. The van der Waals surface area contributed by atoms with Gasteiger partial charge in [-0.3, -0.25) is 4.99 Å². The van der Waals surface area contributed by atoms with E-state index in [1.807, 2.05) is 47.3 Å². The van der Waals surface area contributed by atoms with Gasteiger partial charge in [-0.05, 0) is 41.5 Å². The lowest BCUT2D eigenvalue weighted by molar-refractivity contribution is 0.354. The Morgan fingerprint density at radius 3 is 2.21 bits per heavy atom. The van der Waals surface area contributed by atoms with Gasteiger partial charge >= 0.3 is 0 Å². The number of hydrogen-bond donors (Lipinski definition) is 2. The fraction of sp³-hybridized carbons (Fsp3) is 0.238. The van der Waals surface area contributed by atoms with Gasteiger partial charge in [0.15, 0.2) is 17.5 Å². The maximum absolute atomic E-state index is 5.35. The van der Waals surface area contributed by atoms with Crippen LogP contribution in [0.15, 0.2) is 65.9 Å². The average Bonchev–Trinajstić information content (AvgIpc) is 3.29. The molecule has 1 heterocycles. The van der Waals surface area contributed by atoms with Crippen molar-refractivity contribution in [1.82, 2.24) is 20.4 Å². The molecule has 0 spiro atoms. The van der Waals surface area contributed by atoms with Gasteiger partial charge < -0.3 is 20.1 Å². The van der Waals surface area contributed by atoms with Gasteiger partial charge in [0.2, 0.25) is 0 Å². The van der Waals surface area contributed by atoms with Crippen LogP contribution in [-0.4, -0.2) is 37.0 Å². The summed E-state index contributed by atoms with van der Waals surface area (Å²) in [5.74, 6) is 2.15. The molecule has 2 N–H and O–H groups in total. The van der Waals surface area contributed by atoms with E-state index in [-0.39, 0.29) is 24.0 Å². The highest BCUT2D eigenvalue weighted by Gasteiger charge is 2.05. The number of ether oxygens (including phenoxy) is 2. The van der Waals surface area contributed by atoms with Crippen LogP contribution in [-0.2, 0) is 13.1 Å². The number of benzene rings is 2. The summed E-state index contributed by atoms with van der Waals surface area (Å²) in [6, 6.07) is 16.0. The largest absolute Gasteiger partial charge is 0.493 e. The molecule has 154 valence electrons. The lowest BCUT2D eigenvalue weighted by atomic mass is 10.2. The second kappa shape index (κ2) is 11.3. The van der Waals surface area contributed by atoms with Crippen LogP contribution in [0.4, 0.5) is 0 Å². The topological polar surface area (TPSA) is 72.7 Å².